The van der Waals surface area contributed by atoms with E-state index >= 15 is 0 Å². The van der Waals surface area contributed by atoms with E-state index in [9.17, 15) is 0 Å². The average molecular weight is 338 g/mol. The molecular weight excluding hydrogens is 311 g/mol. The third kappa shape index (κ3) is 6.49. The van der Waals surface area contributed by atoms with Gasteiger partial charge >= 0.3 is 122 Å². The maximum atomic E-state index is 3.97. The van der Waals surface area contributed by atoms with Crippen LogP contribution in [0, 0.1) is 5.92 Å². The van der Waals surface area contributed by atoms with Crippen molar-refractivity contribution in [3.05, 3.63) is 38.0 Å². The Kier molecular flexibility index (Phi) is 10.0. The van der Waals surface area contributed by atoms with Crippen LogP contribution >= 0.6 is 0 Å². The van der Waals surface area contributed by atoms with Crippen LogP contribution in [-0.4, -0.2) is 22.5 Å². The summed E-state index contributed by atoms with van der Waals surface area (Å²) in [6.07, 6.45) is 15.5. The number of unbranched alkanes of at least 4 members (excludes halogenated alkanes) is 5. The van der Waals surface area contributed by atoms with Gasteiger partial charge in [0, 0.05) is 0 Å². The summed E-state index contributed by atoms with van der Waals surface area (Å²) in [7, 11) is 0. The number of hydrogen-bond acceptors (Lipinski definition) is 0. The Morgan fingerprint density at radius 2 is 1.53 bits per heavy atom. The molecule has 0 nitrogen and oxygen atoms in total. The van der Waals surface area contributed by atoms with Crippen LogP contribution in [0.4, 0.5) is 0 Å². The maximum absolute atomic E-state index is 3.97. The molecule has 1 atom stereocenters. The van der Waals surface area contributed by atoms with Gasteiger partial charge in [0.1, 0.15) is 0 Å². The standard InChI is InChI=1S/C16H27.Sn/c1-5-9-10-11-12-13-14-16(8-4)15(6-2)7-3;/h6-8,16H,2-5,9-14H2,1H3;. The van der Waals surface area contributed by atoms with Crippen molar-refractivity contribution in [3.63, 3.8) is 0 Å². The van der Waals surface area contributed by atoms with Gasteiger partial charge in [-0.2, -0.15) is 0 Å². The topological polar surface area (TPSA) is 0 Å². The summed E-state index contributed by atoms with van der Waals surface area (Å²) in [6.45, 7) is 14.1. The molecule has 0 rings (SSSR count). The van der Waals surface area contributed by atoms with Crippen molar-refractivity contribution in [2.75, 3.05) is 0 Å². The van der Waals surface area contributed by atoms with Gasteiger partial charge in [0.05, 0.1) is 0 Å². The molecule has 1 heteroatoms. The molecule has 0 aliphatic carbocycles. The Bertz CT molecular complexity index is 222. The first-order chi connectivity index (χ1) is 8.14. The predicted octanol–water partition coefficient (Wildman–Crippen LogP) is 5.24. The zero-order valence-electron chi connectivity index (χ0n) is 11.4. The molecular formula is C16H27Sn. The van der Waals surface area contributed by atoms with Gasteiger partial charge < -0.3 is 0 Å². The van der Waals surface area contributed by atoms with Crippen LogP contribution in [0.3, 0.4) is 0 Å². The van der Waals surface area contributed by atoms with Crippen LogP contribution in [0.25, 0.3) is 0 Å². The van der Waals surface area contributed by atoms with Gasteiger partial charge in [0.15, 0.2) is 0 Å². The van der Waals surface area contributed by atoms with Crippen LogP contribution in [0.2, 0.25) is 3.43 Å². The van der Waals surface area contributed by atoms with Gasteiger partial charge in [-0.3, -0.25) is 0 Å². The van der Waals surface area contributed by atoms with E-state index in [0.29, 0.717) is 5.92 Å². The molecule has 0 N–H and O–H groups in total. The molecule has 0 spiro atoms. The summed E-state index contributed by atoms with van der Waals surface area (Å²) in [5.41, 5.74) is 0. The third-order valence-electron chi connectivity index (χ3n) is 3.44. The van der Waals surface area contributed by atoms with Crippen molar-refractivity contribution >= 4 is 22.5 Å². The Labute approximate surface area is 121 Å². The molecule has 0 aliphatic rings. The van der Waals surface area contributed by atoms with E-state index in [1.165, 1.54) is 67.5 Å². The molecule has 0 heterocycles. The SMILES string of the molecule is C=CC(CCCCCCCC)[C]([Sn])(C=C)C=C. The molecule has 0 saturated heterocycles. The third-order valence-corrected chi connectivity index (χ3v) is 5.67. The van der Waals surface area contributed by atoms with E-state index in [-0.39, 0.29) is 3.43 Å². The van der Waals surface area contributed by atoms with Crippen molar-refractivity contribution in [2.45, 2.75) is 55.3 Å². The Morgan fingerprint density at radius 1 is 1.00 bits per heavy atom. The fourth-order valence-corrected chi connectivity index (χ4v) is 2.83. The first-order valence-corrected chi connectivity index (χ1v) is 8.22. The molecule has 0 saturated carbocycles. The molecule has 95 valence electrons. The first kappa shape index (κ1) is 17.0. The van der Waals surface area contributed by atoms with Gasteiger partial charge in [0.25, 0.3) is 0 Å². The molecule has 1 unspecified atom stereocenters. The Balaban J connectivity index is 3.94. The number of allylic oxidation sites excluding steroid dienone is 3. The second kappa shape index (κ2) is 9.99. The monoisotopic (exact) mass is 339 g/mol. The van der Waals surface area contributed by atoms with E-state index in [1.807, 2.05) is 12.2 Å². The average Bonchev–Trinajstić information content (AvgIpc) is 2.37. The van der Waals surface area contributed by atoms with Crippen molar-refractivity contribution in [1.82, 2.24) is 0 Å². The zero-order chi connectivity index (χ0) is 13.1. The van der Waals surface area contributed by atoms with Crippen molar-refractivity contribution in [2.24, 2.45) is 5.92 Å². The molecule has 3 radical (unpaired) electrons. The zero-order valence-corrected chi connectivity index (χ0v) is 14.2. The second-order valence-corrected chi connectivity index (χ2v) is 7.21. The summed E-state index contributed by atoms with van der Waals surface area (Å²) in [5, 5.41) is 0. The quantitative estimate of drug-likeness (QED) is 0.275. The first-order valence-electron chi connectivity index (χ1n) is 6.79. The van der Waals surface area contributed by atoms with Crippen molar-refractivity contribution in [1.29, 1.82) is 0 Å². The fraction of sp³-hybridized carbons (Fsp3) is 0.625. The predicted molar refractivity (Wildman–Crippen MR) is 80.5 cm³/mol. The molecule has 0 aromatic heterocycles. The van der Waals surface area contributed by atoms with Crippen LogP contribution in [0.1, 0.15) is 51.9 Å². The molecule has 0 bridgehead atoms. The van der Waals surface area contributed by atoms with Gasteiger partial charge in [-0.05, 0) is 0 Å². The Morgan fingerprint density at radius 3 is 2.00 bits per heavy atom. The normalized spacial score (nSPS) is 13.1. The van der Waals surface area contributed by atoms with Crippen molar-refractivity contribution in [3.8, 4) is 0 Å². The fourth-order valence-electron chi connectivity index (χ4n) is 2.08. The van der Waals surface area contributed by atoms with E-state index in [0.717, 1.165) is 0 Å². The number of hydrogen-bond donors (Lipinski definition) is 0. The van der Waals surface area contributed by atoms with E-state index in [1.54, 1.807) is 0 Å². The van der Waals surface area contributed by atoms with Crippen LogP contribution in [0.15, 0.2) is 38.0 Å². The summed E-state index contributed by atoms with van der Waals surface area (Å²) >= 11 is 1.47. The Hall–Kier alpha value is 0.0187. The molecule has 17 heavy (non-hydrogen) atoms. The van der Waals surface area contributed by atoms with Gasteiger partial charge in [-0.15, -0.1) is 0 Å². The van der Waals surface area contributed by atoms with Crippen LogP contribution in [-0.2, 0) is 0 Å². The van der Waals surface area contributed by atoms with Gasteiger partial charge in [-0.25, -0.2) is 0 Å². The molecule has 0 fully saturated rings. The van der Waals surface area contributed by atoms with Crippen LogP contribution < -0.4 is 0 Å². The van der Waals surface area contributed by atoms with Crippen molar-refractivity contribution < 1.29 is 0 Å². The van der Waals surface area contributed by atoms with Crippen LogP contribution in [0.5, 0.6) is 0 Å². The van der Waals surface area contributed by atoms with Gasteiger partial charge in [0.2, 0.25) is 0 Å². The van der Waals surface area contributed by atoms with E-state index < -0.39 is 0 Å². The summed E-state index contributed by atoms with van der Waals surface area (Å²) in [6, 6.07) is 0. The second-order valence-electron chi connectivity index (χ2n) is 4.74. The van der Waals surface area contributed by atoms with E-state index in [4.69, 9.17) is 0 Å². The number of rotatable bonds is 11. The summed E-state index contributed by atoms with van der Waals surface area (Å²) in [4.78, 5) is 0. The summed E-state index contributed by atoms with van der Waals surface area (Å²) < 4.78 is 0.0951. The summed E-state index contributed by atoms with van der Waals surface area (Å²) in [5.74, 6) is 0.516. The minimum absolute atomic E-state index is 0.0951. The van der Waals surface area contributed by atoms with E-state index in [2.05, 4.69) is 32.7 Å². The molecule has 0 aromatic carbocycles. The van der Waals surface area contributed by atoms with Gasteiger partial charge in [-0.1, -0.05) is 0 Å². The molecule has 0 aliphatic heterocycles. The molecule has 0 amide bonds. The minimum atomic E-state index is 0.0951. The molecule has 0 aromatic rings.